The van der Waals surface area contributed by atoms with Crippen LogP contribution in [0, 0.1) is 0 Å². The van der Waals surface area contributed by atoms with Gasteiger partial charge in [0.25, 0.3) is 0 Å². The van der Waals surface area contributed by atoms with Crippen molar-refractivity contribution in [3.05, 3.63) is 40.0 Å². The Labute approximate surface area is 127 Å². The highest BCUT2D eigenvalue weighted by Gasteiger charge is 2.08. The summed E-state index contributed by atoms with van der Waals surface area (Å²) >= 11 is 12.1. The molecule has 0 saturated heterocycles. The predicted octanol–water partition coefficient (Wildman–Crippen LogP) is 3.45. The summed E-state index contributed by atoms with van der Waals surface area (Å²) in [4.78, 5) is 8.37. The molecule has 5 nitrogen and oxygen atoms in total. The van der Waals surface area contributed by atoms with Crippen molar-refractivity contribution in [3.8, 4) is 5.88 Å². The number of ether oxygens (including phenoxy) is 1. The molecule has 0 aliphatic carbocycles. The number of hydrogen-bond donors (Lipinski definition) is 2. The Morgan fingerprint density at radius 3 is 2.65 bits per heavy atom. The van der Waals surface area contributed by atoms with Crippen LogP contribution < -0.4 is 15.4 Å². The summed E-state index contributed by atoms with van der Waals surface area (Å²) in [6.07, 6.45) is 1.69. The summed E-state index contributed by atoms with van der Waals surface area (Å²) in [5.41, 5.74) is 1.01. The van der Waals surface area contributed by atoms with Crippen LogP contribution >= 0.6 is 23.2 Å². The molecule has 0 bridgehead atoms. The van der Waals surface area contributed by atoms with E-state index in [-0.39, 0.29) is 0 Å². The molecule has 0 aromatic carbocycles. The van der Waals surface area contributed by atoms with Gasteiger partial charge in [0.05, 0.1) is 17.2 Å². The zero-order chi connectivity index (χ0) is 14.5. The number of halogens is 2. The Hall–Kier alpha value is -1.72. The molecule has 0 spiro atoms. The van der Waals surface area contributed by atoms with Crippen molar-refractivity contribution in [1.29, 1.82) is 0 Å². The van der Waals surface area contributed by atoms with Crippen LogP contribution in [0.25, 0.3) is 0 Å². The van der Waals surface area contributed by atoms with Crippen LogP contribution in [0.1, 0.15) is 5.56 Å². The second-order valence-corrected chi connectivity index (χ2v) is 4.77. The quantitative estimate of drug-likeness (QED) is 0.885. The fourth-order valence-electron chi connectivity index (χ4n) is 1.62. The van der Waals surface area contributed by atoms with Gasteiger partial charge >= 0.3 is 0 Å². The summed E-state index contributed by atoms with van der Waals surface area (Å²) in [6, 6.07) is 5.38. The molecule has 2 rings (SSSR count). The molecule has 2 aromatic heterocycles. The standard InChI is InChI=1S/C13H14Cl2N4O/c1-16-12-9(14)6-10(15)13(19-12)18-7-8-3-4-17-11(5-8)20-2/h3-6H,7H2,1-2H3,(H2,16,18,19). The van der Waals surface area contributed by atoms with Gasteiger partial charge in [-0.25, -0.2) is 9.97 Å². The van der Waals surface area contributed by atoms with E-state index < -0.39 is 0 Å². The zero-order valence-corrected chi connectivity index (χ0v) is 12.6. The third-order valence-corrected chi connectivity index (χ3v) is 3.21. The van der Waals surface area contributed by atoms with Gasteiger partial charge in [0, 0.05) is 25.9 Å². The average Bonchev–Trinajstić information content (AvgIpc) is 2.46. The Balaban J connectivity index is 2.14. The second kappa shape index (κ2) is 6.63. The first-order valence-electron chi connectivity index (χ1n) is 5.90. The normalized spacial score (nSPS) is 10.2. The van der Waals surface area contributed by atoms with E-state index in [4.69, 9.17) is 27.9 Å². The average molecular weight is 313 g/mol. The van der Waals surface area contributed by atoms with Crippen molar-refractivity contribution in [2.75, 3.05) is 24.8 Å². The van der Waals surface area contributed by atoms with Crippen LogP contribution in [-0.4, -0.2) is 24.1 Å². The number of hydrogen-bond acceptors (Lipinski definition) is 5. The van der Waals surface area contributed by atoms with Gasteiger partial charge in [-0.2, -0.15) is 0 Å². The highest BCUT2D eigenvalue weighted by molar-refractivity contribution is 6.37. The highest BCUT2D eigenvalue weighted by atomic mass is 35.5. The van der Waals surface area contributed by atoms with Gasteiger partial charge in [-0.05, 0) is 17.7 Å². The van der Waals surface area contributed by atoms with Crippen LogP contribution in [0.4, 0.5) is 11.6 Å². The van der Waals surface area contributed by atoms with Crippen molar-refractivity contribution in [2.45, 2.75) is 6.54 Å². The Bertz CT molecular complexity index is 607. The van der Waals surface area contributed by atoms with E-state index in [1.54, 1.807) is 26.4 Å². The summed E-state index contributed by atoms with van der Waals surface area (Å²) in [5, 5.41) is 7.01. The molecule has 0 atom stereocenters. The minimum Gasteiger partial charge on any atom is -0.481 e. The minimum atomic E-state index is 0.468. The molecular formula is C13H14Cl2N4O. The molecule has 0 amide bonds. The maximum absolute atomic E-state index is 6.11. The van der Waals surface area contributed by atoms with Gasteiger partial charge in [-0.1, -0.05) is 23.2 Å². The summed E-state index contributed by atoms with van der Waals surface area (Å²) in [7, 11) is 3.33. The number of pyridine rings is 2. The van der Waals surface area contributed by atoms with Crippen LogP contribution in [0.2, 0.25) is 10.0 Å². The first-order chi connectivity index (χ1) is 9.63. The van der Waals surface area contributed by atoms with Crippen LogP contribution in [0.15, 0.2) is 24.4 Å². The van der Waals surface area contributed by atoms with Crippen molar-refractivity contribution in [1.82, 2.24) is 9.97 Å². The highest BCUT2D eigenvalue weighted by Crippen LogP contribution is 2.29. The molecule has 106 valence electrons. The van der Waals surface area contributed by atoms with Crippen molar-refractivity contribution >= 4 is 34.8 Å². The fraction of sp³-hybridized carbons (Fsp3) is 0.231. The topological polar surface area (TPSA) is 59.1 Å². The third kappa shape index (κ3) is 3.43. The SMILES string of the molecule is CNc1nc(NCc2ccnc(OC)c2)c(Cl)cc1Cl. The maximum atomic E-state index is 6.11. The van der Waals surface area contributed by atoms with Crippen LogP contribution in [0.5, 0.6) is 5.88 Å². The van der Waals surface area contributed by atoms with Gasteiger partial charge in [-0.3, -0.25) is 0 Å². The number of rotatable bonds is 5. The van der Waals surface area contributed by atoms with E-state index in [0.717, 1.165) is 5.56 Å². The number of nitrogens with zero attached hydrogens (tertiary/aromatic N) is 2. The number of nitrogens with one attached hydrogen (secondary N) is 2. The van der Waals surface area contributed by atoms with E-state index in [9.17, 15) is 0 Å². The first kappa shape index (κ1) is 14.7. The van der Waals surface area contributed by atoms with Gasteiger partial charge in [0.1, 0.15) is 11.6 Å². The largest absolute Gasteiger partial charge is 0.481 e. The zero-order valence-electron chi connectivity index (χ0n) is 11.1. The Morgan fingerprint density at radius 1 is 1.20 bits per heavy atom. The molecule has 0 saturated carbocycles. The van der Waals surface area contributed by atoms with Crippen molar-refractivity contribution < 1.29 is 4.74 Å². The smallest absolute Gasteiger partial charge is 0.213 e. The molecule has 0 aliphatic rings. The first-order valence-corrected chi connectivity index (χ1v) is 6.66. The number of aromatic nitrogens is 2. The van der Waals surface area contributed by atoms with Gasteiger partial charge < -0.3 is 15.4 Å². The molecule has 2 N–H and O–H groups in total. The summed E-state index contributed by atoms with van der Waals surface area (Å²) in [6.45, 7) is 0.552. The molecule has 0 fully saturated rings. The lowest BCUT2D eigenvalue weighted by Gasteiger charge is -2.11. The molecule has 2 aromatic rings. The number of anilines is 2. The van der Waals surface area contributed by atoms with E-state index in [1.165, 1.54) is 0 Å². The van der Waals surface area contributed by atoms with E-state index >= 15 is 0 Å². The molecular weight excluding hydrogens is 299 g/mol. The Kier molecular flexibility index (Phi) is 4.87. The van der Waals surface area contributed by atoms with Gasteiger partial charge in [0.15, 0.2) is 0 Å². The van der Waals surface area contributed by atoms with E-state index in [2.05, 4.69) is 20.6 Å². The summed E-state index contributed by atoms with van der Waals surface area (Å²) < 4.78 is 5.07. The summed E-state index contributed by atoms with van der Waals surface area (Å²) in [5.74, 6) is 1.71. The van der Waals surface area contributed by atoms with Gasteiger partial charge in [0.2, 0.25) is 5.88 Å². The molecule has 20 heavy (non-hydrogen) atoms. The molecule has 0 radical (unpaired) electrons. The monoisotopic (exact) mass is 312 g/mol. The number of methoxy groups -OCH3 is 1. The third-order valence-electron chi connectivity index (χ3n) is 2.63. The van der Waals surface area contributed by atoms with Crippen LogP contribution in [0.3, 0.4) is 0 Å². The molecule has 2 heterocycles. The van der Waals surface area contributed by atoms with E-state index in [0.29, 0.717) is 34.1 Å². The maximum Gasteiger partial charge on any atom is 0.213 e. The fourth-order valence-corrected chi connectivity index (χ4v) is 2.14. The van der Waals surface area contributed by atoms with Crippen molar-refractivity contribution in [3.63, 3.8) is 0 Å². The lowest BCUT2D eigenvalue weighted by Crippen LogP contribution is -2.04. The van der Waals surface area contributed by atoms with Crippen molar-refractivity contribution in [2.24, 2.45) is 0 Å². The lowest BCUT2D eigenvalue weighted by atomic mass is 10.2. The lowest BCUT2D eigenvalue weighted by molar-refractivity contribution is 0.397. The van der Waals surface area contributed by atoms with Crippen LogP contribution in [-0.2, 0) is 6.54 Å². The van der Waals surface area contributed by atoms with Gasteiger partial charge in [-0.15, -0.1) is 0 Å². The Morgan fingerprint density at radius 2 is 1.95 bits per heavy atom. The molecule has 0 unspecified atom stereocenters. The minimum absolute atomic E-state index is 0.468. The predicted molar refractivity (Wildman–Crippen MR) is 81.9 cm³/mol. The molecule has 0 aliphatic heterocycles. The second-order valence-electron chi connectivity index (χ2n) is 3.96. The van der Waals surface area contributed by atoms with E-state index in [1.807, 2.05) is 12.1 Å². The molecule has 7 heteroatoms.